The van der Waals surface area contributed by atoms with Crippen LogP contribution in [0.4, 0.5) is 0 Å². The molecule has 1 fully saturated rings. The van der Waals surface area contributed by atoms with Crippen LogP contribution in [0.1, 0.15) is 46.0 Å². The molecular formula is C11H23NOS. The molecule has 4 unspecified atom stereocenters. The second-order valence-electron chi connectivity index (χ2n) is 4.44. The lowest BCUT2D eigenvalue weighted by molar-refractivity contribution is 0.353. The van der Waals surface area contributed by atoms with Crippen LogP contribution in [0.5, 0.6) is 0 Å². The Morgan fingerprint density at radius 2 is 2.21 bits per heavy atom. The monoisotopic (exact) mass is 217 g/mol. The molecular weight excluding hydrogens is 194 g/mol. The van der Waals surface area contributed by atoms with E-state index in [9.17, 15) is 4.21 Å². The van der Waals surface area contributed by atoms with E-state index in [0.29, 0.717) is 11.8 Å². The molecule has 0 heterocycles. The number of rotatable bonds is 4. The van der Waals surface area contributed by atoms with Crippen molar-refractivity contribution in [2.24, 2.45) is 11.7 Å². The molecule has 0 radical (unpaired) electrons. The van der Waals surface area contributed by atoms with E-state index in [1.165, 1.54) is 19.3 Å². The predicted molar refractivity (Wildman–Crippen MR) is 62.7 cm³/mol. The SMILES string of the molecule is CCC1CCCC(S(=O)C(C)CN)C1. The third kappa shape index (κ3) is 3.06. The van der Waals surface area contributed by atoms with Crippen molar-refractivity contribution < 1.29 is 4.21 Å². The lowest BCUT2D eigenvalue weighted by Gasteiger charge is -2.29. The molecule has 84 valence electrons. The Labute approximate surface area is 90.1 Å². The zero-order chi connectivity index (χ0) is 10.6. The smallest absolute Gasteiger partial charge is 0.0445 e. The van der Waals surface area contributed by atoms with Gasteiger partial charge < -0.3 is 5.73 Å². The van der Waals surface area contributed by atoms with Gasteiger partial charge in [-0.2, -0.15) is 0 Å². The van der Waals surface area contributed by atoms with Crippen molar-refractivity contribution in [1.29, 1.82) is 0 Å². The van der Waals surface area contributed by atoms with Crippen LogP contribution in [0, 0.1) is 5.92 Å². The van der Waals surface area contributed by atoms with Crippen LogP contribution >= 0.6 is 0 Å². The van der Waals surface area contributed by atoms with E-state index in [2.05, 4.69) is 6.92 Å². The summed E-state index contributed by atoms with van der Waals surface area (Å²) in [6.07, 6.45) is 6.14. The van der Waals surface area contributed by atoms with Gasteiger partial charge in [0.25, 0.3) is 0 Å². The molecule has 1 saturated carbocycles. The van der Waals surface area contributed by atoms with E-state index in [1.807, 2.05) is 6.92 Å². The van der Waals surface area contributed by atoms with Gasteiger partial charge in [0.15, 0.2) is 0 Å². The topological polar surface area (TPSA) is 43.1 Å². The van der Waals surface area contributed by atoms with E-state index < -0.39 is 10.8 Å². The molecule has 3 heteroatoms. The van der Waals surface area contributed by atoms with Gasteiger partial charge in [-0.15, -0.1) is 0 Å². The maximum absolute atomic E-state index is 12.0. The average Bonchev–Trinajstić information content (AvgIpc) is 2.27. The molecule has 0 saturated heterocycles. The van der Waals surface area contributed by atoms with E-state index in [1.54, 1.807) is 0 Å². The molecule has 2 nitrogen and oxygen atoms in total. The molecule has 14 heavy (non-hydrogen) atoms. The van der Waals surface area contributed by atoms with Crippen LogP contribution in [0.15, 0.2) is 0 Å². The minimum Gasteiger partial charge on any atom is -0.329 e. The largest absolute Gasteiger partial charge is 0.329 e. The van der Waals surface area contributed by atoms with Crippen LogP contribution in [0.3, 0.4) is 0 Å². The highest BCUT2D eigenvalue weighted by Gasteiger charge is 2.27. The first-order valence-electron chi connectivity index (χ1n) is 5.78. The summed E-state index contributed by atoms with van der Waals surface area (Å²) in [6.45, 7) is 4.80. The molecule has 1 aliphatic carbocycles. The number of hydrogen-bond acceptors (Lipinski definition) is 2. The minimum atomic E-state index is -0.699. The van der Waals surface area contributed by atoms with Gasteiger partial charge in [-0.25, -0.2) is 0 Å². The van der Waals surface area contributed by atoms with Crippen LogP contribution < -0.4 is 5.73 Å². The molecule has 0 aromatic heterocycles. The molecule has 4 atom stereocenters. The van der Waals surface area contributed by atoms with E-state index in [-0.39, 0.29) is 5.25 Å². The summed E-state index contributed by atoms with van der Waals surface area (Å²) in [7, 11) is -0.699. The first-order valence-corrected chi connectivity index (χ1v) is 7.06. The Bertz CT molecular complexity index is 196. The summed E-state index contributed by atoms with van der Waals surface area (Å²) in [4.78, 5) is 0. The Kier molecular flexibility index (Phi) is 5.10. The van der Waals surface area contributed by atoms with Crippen molar-refractivity contribution in [2.75, 3.05) is 6.54 Å². The first kappa shape index (κ1) is 12.2. The summed E-state index contributed by atoms with van der Waals surface area (Å²) in [5.74, 6) is 0.808. The quantitative estimate of drug-likeness (QED) is 0.783. The standard InChI is InChI=1S/C11H23NOS/c1-3-10-5-4-6-11(7-10)14(13)9(2)8-12/h9-11H,3-8,12H2,1-2H3. The second-order valence-corrected chi connectivity index (χ2v) is 6.57. The van der Waals surface area contributed by atoms with Crippen LogP contribution in [0.2, 0.25) is 0 Å². The summed E-state index contributed by atoms with van der Waals surface area (Å²) in [5.41, 5.74) is 5.55. The first-order chi connectivity index (χ1) is 6.69. The molecule has 0 aromatic carbocycles. The zero-order valence-electron chi connectivity index (χ0n) is 9.37. The zero-order valence-corrected chi connectivity index (χ0v) is 10.2. The Morgan fingerprint density at radius 1 is 1.50 bits per heavy atom. The fourth-order valence-corrected chi connectivity index (χ4v) is 3.95. The fraction of sp³-hybridized carbons (Fsp3) is 1.00. The molecule has 1 rings (SSSR count). The minimum absolute atomic E-state index is 0.176. The summed E-state index contributed by atoms with van der Waals surface area (Å²) >= 11 is 0. The number of hydrogen-bond donors (Lipinski definition) is 1. The normalized spacial score (nSPS) is 32.5. The molecule has 0 aromatic rings. The van der Waals surface area contributed by atoms with Gasteiger partial charge in [0.2, 0.25) is 0 Å². The van der Waals surface area contributed by atoms with Gasteiger partial charge >= 0.3 is 0 Å². The van der Waals surface area contributed by atoms with E-state index >= 15 is 0 Å². The van der Waals surface area contributed by atoms with Gasteiger partial charge in [-0.3, -0.25) is 4.21 Å². The highest BCUT2D eigenvalue weighted by atomic mass is 32.2. The summed E-state index contributed by atoms with van der Waals surface area (Å²) in [6, 6.07) is 0. The van der Waals surface area contributed by atoms with E-state index in [0.717, 1.165) is 18.8 Å². The molecule has 0 bridgehead atoms. The molecule has 0 amide bonds. The van der Waals surface area contributed by atoms with Crippen molar-refractivity contribution in [3.8, 4) is 0 Å². The van der Waals surface area contributed by atoms with Gasteiger partial charge in [0.05, 0.1) is 0 Å². The molecule has 0 aliphatic heterocycles. The lowest BCUT2D eigenvalue weighted by atomic mass is 9.87. The maximum Gasteiger partial charge on any atom is 0.0445 e. The second kappa shape index (κ2) is 5.86. The predicted octanol–water partition coefficient (Wildman–Crippen LogP) is 2.05. The fourth-order valence-electron chi connectivity index (χ4n) is 2.25. The van der Waals surface area contributed by atoms with Gasteiger partial charge in [-0.05, 0) is 25.7 Å². The third-order valence-corrected chi connectivity index (χ3v) is 5.44. The van der Waals surface area contributed by atoms with Crippen LogP contribution in [0.25, 0.3) is 0 Å². The Morgan fingerprint density at radius 3 is 2.79 bits per heavy atom. The average molecular weight is 217 g/mol. The van der Waals surface area contributed by atoms with Crippen LogP contribution in [-0.2, 0) is 10.8 Å². The Hall–Kier alpha value is 0.110. The van der Waals surface area contributed by atoms with E-state index in [4.69, 9.17) is 5.73 Å². The van der Waals surface area contributed by atoms with Crippen LogP contribution in [-0.4, -0.2) is 21.3 Å². The third-order valence-electron chi connectivity index (χ3n) is 3.37. The molecule has 1 aliphatic rings. The highest BCUT2D eigenvalue weighted by molar-refractivity contribution is 7.86. The van der Waals surface area contributed by atoms with Crippen molar-refractivity contribution in [2.45, 2.75) is 56.5 Å². The van der Waals surface area contributed by atoms with Crippen molar-refractivity contribution >= 4 is 10.8 Å². The van der Waals surface area contributed by atoms with Crippen molar-refractivity contribution in [1.82, 2.24) is 0 Å². The van der Waals surface area contributed by atoms with Gasteiger partial charge in [0, 0.05) is 27.8 Å². The Balaban J connectivity index is 2.47. The lowest BCUT2D eigenvalue weighted by Crippen LogP contribution is -2.33. The van der Waals surface area contributed by atoms with Gasteiger partial charge in [0.1, 0.15) is 0 Å². The molecule has 0 spiro atoms. The number of nitrogens with two attached hydrogens (primary N) is 1. The summed E-state index contributed by atoms with van der Waals surface area (Å²) in [5, 5.41) is 0.600. The molecule has 2 N–H and O–H groups in total. The van der Waals surface area contributed by atoms with Crippen molar-refractivity contribution in [3.05, 3.63) is 0 Å². The summed E-state index contributed by atoms with van der Waals surface area (Å²) < 4.78 is 12.0. The van der Waals surface area contributed by atoms with Gasteiger partial charge in [-0.1, -0.05) is 26.2 Å². The van der Waals surface area contributed by atoms with Crippen molar-refractivity contribution in [3.63, 3.8) is 0 Å². The highest BCUT2D eigenvalue weighted by Crippen LogP contribution is 2.30. The maximum atomic E-state index is 12.0.